The Kier molecular flexibility index (Phi) is 5.18. The van der Waals surface area contributed by atoms with E-state index in [1.165, 1.54) is 0 Å². The van der Waals surface area contributed by atoms with Crippen molar-refractivity contribution in [2.75, 3.05) is 44.6 Å². The number of amides is 2. The Morgan fingerprint density at radius 1 is 1.16 bits per heavy atom. The maximum absolute atomic E-state index is 12.1. The molecular weight excluding hydrogens is 242 g/mol. The molecule has 0 spiro atoms. The summed E-state index contributed by atoms with van der Waals surface area (Å²) in [6, 6.07) is 9.45. The molecule has 19 heavy (non-hydrogen) atoms. The first-order valence-electron chi connectivity index (χ1n) is 6.74. The van der Waals surface area contributed by atoms with Gasteiger partial charge in [-0.15, -0.1) is 0 Å². The van der Waals surface area contributed by atoms with Gasteiger partial charge in [-0.1, -0.05) is 18.2 Å². The van der Waals surface area contributed by atoms with Crippen LogP contribution in [0.2, 0.25) is 0 Å². The fourth-order valence-corrected chi connectivity index (χ4v) is 2.26. The number of benzene rings is 1. The molecule has 5 nitrogen and oxygen atoms in total. The zero-order valence-corrected chi connectivity index (χ0v) is 11.1. The summed E-state index contributed by atoms with van der Waals surface area (Å²) >= 11 is 0. The first kappa shape index (κ1) is 13.8. The van der Waals surface area contributed by atoms with Crippen molar-refractivity contribution in [1.82, 2.24) is 9.80 Å². The molecule has 1 heterocycles. The van der Waals surface area contributed by atoms with Crippen molar-refractivity contribution >= 4 is 11.7 Å². The second-order valence-electron chi connectivity index (χ2n) is 4.70. The second-order valence-corrected chi connectivity index (χ2v) is 4.70. The third-order valence-corrected chi connectivity index (χ3v) is 3.32. The number of aliphatic hydroxyl groups excluding tert-OH is 1. The number of hydrogen-bond donors (Lipinski definition) is 2. The SMILES string of the molecule is O=C(Nc1ccccc1)N1CCCN(CCO)CC1. The molecule has 0 aliphatic carbocycles. The summed E-state index contributed by atoms with van der Waals surface area (Å²) in [4.78, 5) is 16.2. The number of nitrogens with zero attached hydrogens (tertiary/aromatic N) is 2. The third kappa shape index (κ3) is 4.22. The molecule has 2 rings (SSSR count). The van der Waals surface area contributed by atoms with Crippen LogP contribution in [0, 0.1) is 0 Å². The summed E-state index contributed by atoms with van der Waals surface area (Å²) in [6.07, 6.45) is 0.947. The van der Waals surface area contributed by atoms with Gasteiger partial charge in [-0.3, -0.25) is 4.90 Å². The maximum atomic E-state index is 12.1. The molecule has 1 aliphatic rings. The largest absolute Gasteiger partial charge is 0.395 e. The minimum absolute atomic E-state index is 0.0444. The highest BCUT2D eigenvalue weighted by atomic mass is 16.3. The molecule has 0 bridgehead atoms. The van der Waals surface area contributed by atoms with Crippen LogP contribution in [0.4, 0.5) is 10.5 Å². The van der Waals surface area contributed by atoms with Crippen molar-refractivity contribution in [2.45, 2.75) is 6.42 Å². The van der Waals surface area contributed by atoms with Crippen molar-refractivity contribution < 1.29 is 9.90 Å². The lowest BCUT2D eigenvalue weighted by atomic mass is 10.3. The molecule has 1 saturated heterocycles. The van der Waals surface area contributed by atoms with Crippen molar-refractivity contribution in [3.63, 3.8) is 0 Å². The molecule has 104 valence electrons. The number of β-amino-alcohol motifs (C(OH)–C–C–N with tert-alkyl or cyclic N) is 1. The van der Waals surface area contributed by atoms with E-state index in [9.17, 15) is 4.79 Å². The van der Waals surface area contributed by atoms with Crippen LogP contribution in [0.1, 0.15) is 6.42 Å². The van der Waals surface area contributed by atoms with E-state index in [1.807, 2.05) is 35.2 Å². The van der Waals surface area contributed by atoms with Crippen LogP contribution in [-0.2, 0) is 0 Å². The van der Waals surface area contributed by atoms with Gasteiger partial charge in [0.1, 0.15) is 0 Å². The third-order valence-electron chi connectivity index (χ3n) is 3.32. The Hall–Kier alpha value is -1.59. The van der Waals surface area contributed by atoms with Gasteiger partial charge in [-0.2, -0.15) is 0 Å². The summed E-state index contributed by atoms with van der Waals surface area (Å²) < 4.78 is 0. The predicted molar refractivity (Wildman–Crippen MR) is 75.2 cm³/mol. The number of carbonyl (C=O) groups excluding carboxylic acids is 1. The van der Waals surface area contributed by atoms with Crippen LogP contribution in [0.3, 0.4) is 0 Å². The predicted octanol–water partition coefficient (Wildman–Crippen LogP) is 1.22. The topological polar surface area (TPSA) is 55.8 Å². The van der Waals surface area contributed by atoms with E-state index in [0.29, 0.717) is 13.1 Å². The van der Waals surface area contributed by atoms with E-state index in [1.54, 1.807) is 0 Å². The van der Waals surface area contributed by atoms with Gasteiger partial charge >= 0.3 is 6.03 Å². The smallest absolute Gasteiger partial charge is 0.321 e. The van der Waals surface area contributed by atoms with Gasteiger partial charge in [0.2, 0.25) is 0 Å². The molecule has 1 aliphatic heterocycles. The van der Waals surface area contributed by atoms with E-state index >= 15 is 0 Å². The highest BCUT2D eigenvalue weighted by molar-refractivity contribution is 5.89. The summed E-state index contributed by atoms with van der Waals surface area (Å²) in [6.45, 7) is 4.10. The second kappa shape index (κ2) is 7.11. The van der Waals surface area contributed by atoms with Crippen LogP contribution in [-0.4, -0.2) is 60.3 Å². The van der Waals surface area contributed by atoms with E-state index in [0.717, 1.165) is 31.7 Å². The number of anilines is 1. The first-order chi connectivity index (χ1) is 9.29. The summed E-state index contributed by atoms with van der Waals surface area (Å²) in [5, 5.41) is 11.9. The van der Waals surface area contributed by atoms with Gasteiger partial charge < -0.3 is 15.3 Å². The molecular formula is C14H21N3O2. The van der Waals surface area contributed by atoms with Gasteiger partial charge in [-0.05, 0) is 25.1 Å². The highest BCUT2D eigenvalue weighted by Crippen LogP contribution is 2.09. The zero-order chi connectivity index (χ0) is 13.5. The zero-order valence-electron chi connectivity index (χ0n) is 11.1. The summed E-state index contributed by atoms with van der Waals surface area (Å²) in [5.41, 5.74) is 0.823. The van der Waals surface area contributed by atoms with Gasteiger partial charge in [-0.25, -0.2) is 4.79 Å². The van der Waals surface area contributed by atoms with Gasteiger partial charge in [0.25, 0.3) is 0 Å². The standard InChI is InChI=1S/C14H21N3O2/c18-12-11-16-7-4-8-17(10-9-16)14(19)15-13-5-2-1-3-6-13/h1-3,5-6,18H,4,7-12H2,(H,15,19). The minimum Gasteiger partial charge on any atom is -0.395 e. The molecule has 2 amide bonds. The molecule has 1 aromatic carbocycles. The van der Waals surface area contributed by atoms with Crippen LogP contribution in [0.5, 0.6) is 0 Å². The number of hydrogen-bond acceptors (Lipinski definition) is 3. The normalized spacial score (nSPS) is 17.0. The molecule has 0 saturated carbocycles. The molecule has 2 N–H and O–H groups in total. The maximum Gasteiger partial charge on any atom is 0.321 e. The fourth-order valence-electron chi connectivity index (χ4n) is 2.26. The van der Waals surface area contributed by atoms with Crippen molar-refractivity contribution in [3.05, 3.63) is 30.3 Å². The number of para-hydroxylation sites is 1. The number of aliphatic hydroxyl groups is 1. The van der Waals surface area contributed by atoms with Crippen LogP contribution in [0.15, 0.2) is 30.3 Å². The van der Waals surface area contributed by atoms with Crippen molar-refractivity contribution in [2.24, 2.45) is 0 Å². The molecule has 1 aromatic rings. The number of nitrogens with one attached hydrogen (secondary N) is 1. The highest BCUT2D eigenvalue weighted by Gasteiger charge is 2.18. The van der Waals surface area contributed by atoms with Gasteiger partial charge in [0.05, 0.1) is 6.61 Å². The molecule has 0 atom stereocenters. The fraction of sp³-hybridized carbons (Fsp3) is 0.500. The molecule has 0 unspecified atom stereocenters. The van der Waals surface area contributed by atoms with E-state index in [-0.39, 0.29) is 12.6 Å². The Balaban J connectivity index is 1.86. The monoisotopic (exact) mass is 263 g/mol. The van der Waals surface area contributed by atoms with Gasteiger partial charge in [0, 0.05) is 31.9 Å². The lowest BCUT2D eigenvalue weighted by Gasteiger charge is -2.21. The van der Waals surface area contributed by atoms with E-state index in [4.69, 9.17) is 5.11 Å². The quantitative estimate of drug-likeness (QED) is 0.862. The van der Waals surface area contributed by atoms with Crippen LogP contribution < -0.4 is 5.32 Å². The van der Waals surface area contributed by atoms with Gasteiger partial charge in [0.15, 0.2) is 0 Å². The molecule has 0 aromatic heterocycles. The molecule has 1 fully saturated rings. The number of carbonyl (C=O) groups is 1. The lowest BCUT2D eigenvalue weighted by molar-refractivity contribution is 0.194. The first-order valence-corrected chi connectivity index (χ1v) is 6.74. The Morgan fingerprint density at radius 3 is 2.68 bits per heavy atom. The van der Waals surface area contributed by atoms with Crippen molar-refractivity contribution in [1.29, 1.82) is 0 Å². The van der Waals surface area contributed by atoms with E-state index < -0.39 is 0 Å². The van der Waals surface area contributed by atoms with E-state index in [2.05, 4.69) is 10.2 Å². The Labute approximate surface area is 113 Å². The summed E-state index contributed by atoms with van der Waals surface area (Å²) in [7, 11) is 0. The van der Waals surface area contributed by atoms with Crippen molar-refractivity contribution in [3.8, 4) is 0 Å². The Morgan fingerprint density at radius 2 is 1.95 bits per heavy atom. The molecule has 5 heteroatoms. The van der Waals surface area contributed by atoms with Crippen LogP contribution in [0.25, 0.3) is 0 Å². The average Bonchev–Trinajstić information content (AvgIpc) is 2.66. The van der Waals surface area contributed by atoms with Crippen LogP contribution >= 0.6 is 0 Å². The average molecular weight is 263 g/mol. The minimum atomic E-state index is -0.0444. The summed E-state index contributed by atoms with van der Waals surface area (Å²) in [5.74, 6) is 0. The number of rotatable bonds is 3. The molecule has 0 radical (unpaired) electrons. The lowest BCUT2D eigenvalue weighted by Crippen LogP contribution is -2.38. The Bertz CT molecular complexity index is 397. The number of urea groups is 1.